The molecule has 3 rings (SSSR count). The van der Waals surface area contributed by atoms with Gasteiger partial charge in [0.2, 0.25) is 10.0 Å². The van der Waals surface area contributed by atoms with Crippen molar-refractivity contribution in [3.8, 4) is 0 Å². The van der Waals surface area contributed by atoms with E-state index in [0.29, 0.717) is 12.2 Å². The number of furan rings is 1. The van der Waals surface area contributed by atoms with Crippen LogP contribution in [-0.4, -0.2) is 24.8 Å². The summed E-state index contributed by atoms with van der Waals surface area (Å²) >= 11 is 0. The molecule has 1 aliphatic rings. The molecule has 2 aromatic rings. The number of benzene rings is 1. The maximum atomic E-state index is 11.9. The Labute approximate surface area is 123 Å². The van der Waals surface area contributed by atoms with Crippen LogP contribution in [0.5, 0.6) is 0 Å². The molecule has 2 heterocycles. The van der Waals surface area contributed by atoms with Crippen LogP contribution in [0, 0.1) is 6.92 Å². The maximum absolute atomic E-state index is 11.9. The van der Waals surface area contributed by atoms with Gasteiger partial charge in [-0.3, -0.25) is 0 Å². The predicted molar refractivity (Wildman–Crippen MR) is 80.5 cm³/mol. The van der Waals surface area contributed by atoms with E-state index in [4.69, 9.17) is 4.42 Å². The molecule has 0 N–H and O–H groups in total. The van der Waals surface area contributed by atoms with Crippen LogP contribution in [0.1, 0.15) is 29.3 Å². The van der Waals surface area contributed by atoms with Gasteiger partial charge in [-0.15, -0.1) is 0 Å². The van der Waals surface area contributed by atoms with E-state index in [9.17, 15) is 8.42 Å². The van der Waals surface area contributed by atoms with E-state index in [1.807, 2.05) is 31.2 Å². The van der Waals surface area contributed by atoms with Crippen molar-refractivity contribution >= 4 is 15.7 Å². The van der Waals surface area contributed by atoms with Crippen LogP contribution in [-0.2, 0) is 10.0 Å². The second-order valence-corrected chi connectivity index (χ2v) is 7.02. The lowest BCUT2D eigenvalue weighted by molar-refractivity contribution is 0.322. The summed E-state index contributed by atoms with van der Waals surface area (Å²) in [5.41, 5.74) is 2.84. The molecule has 0 radical (unpaired) electrons. The SMILES string of the molecule is Cc1ccc(C2=NN(S(C)(=O)=O)[C@@H](c3ccco3)C2)cc1. The number of hydrogen-bond acceptors (Lipinski definition) is 4. The fourth-order valence-electron chi connectivity index (χ4n) is 2.41. The Morgan fingerprint density at radius 1 is 1.24 bits per heavy atom. The van der Waals surface area contributed by atoms with Crippen LogP contribution in [0.3, 0.4) is 0 Å². The highest BCUT2D eigenvalue weighted by atomic mass is 32.2. The van der Waals surface area contributed by atoms with Crippen LogP contribution in [0.2, 0.25) is 0 Å². The third-order valence-electron chi connectivity index (χ3n) is 3.47. The minimum Gasteiger partial charge on any atom is -0.467 e. The summed E-state index contributed by atoms with van der Waals surface area (Å²) in [5, 5.41) is 4.30. The lowest BCUT2D eigenvalue weighted by atomic mass is 10.0. The molecule has 0 fully saturated rings. The number of rotatable bonds is 3. The first-order chi connectivity index (χ1) is 9.95. The minimum absolute atomic E-state index is 0.411. The van der Waals surface area contributed by atoms with Gasteiger partial charge in [0.05, 0.1) is 18.2 Å². The van der Waals surface area contributed by atoms with Crippen molar-refractivity contribution in [2.75, 3.05) is 6.26 Å². The molecule has 0 amide bonds. The van der Waals surface area contributed by atoms with Gasteiger partial charge in [-0.2, -0.15) is 9.52 Å². The molecule has 1 aliphatic heterocycles. The topological polar surface area (TPSA) is 62.9 Å². The molecule has 110 valence electrons. The number of hydrogen-bond donors (Lipinski definition) is 0. The molecule has 0 saturated heterocycles. The van der Waals surface area contributed by atoms with Gasteiger partial charge in [-0.25, -0.2) is 8.42 Å². The lowest BCUT2D eigenvalue weighted by Crippen LogP contribution is -2.25. The average molecular weight is 304 g/mol. The van der Waals surface area contributed by atoms with E-state index in [-0.39, 0.29) is 0 Å². The van der Waals surface area contributed by atoms with E-state index in [1.54, 1.807) is 18.4 Å². The summed E-state index contributed by atoms with van der Waals surface area (Å²) in [6.07, 6.45) is 3.20. The van der Waals surface area contributed by atoms with E-state index < -0.39 is 16.1 Å². The van der Waals surface area contributed by atoms with Crippen molar-refractivity contribution in [1.29, 1.82) is 0 Å². The van der Waals surface area contributed by atoms with Gasteiger partial charge in [0.25, 0.3) is 0 Å². The van der Waals surface area contributed by atoms with Gasteiger partial charge in [0.15, 0.2) is 0 Å². The quantitative estimate of drug-likeness (QED) is 0.876. The smallest absolute Gasteiger partial charge is 0.247 e. The third kappa shape index (κ3) is 2.71. The second kappa shape index (κ2) is 5.04. The van der Waals surface area contributed by atoms with Gasteiger partial charge in [0, 0.05) is 6.42 Å². The standard InChI is InChI=1S/C15H16N2O3S/c1-11-5-7-12(8-6-11)13-10-14(15-4-3-9-20-15)17(16-13)21(2,18)19/h3-9,14H,10H2,1-2H3/t14-/m1/s1. The fraction of sp³-hybridized carbons (Fsp3) is 0.267. The molecular weight excluding hydrogens is 288 g/mol. The highest BCUT2D eigenvalue weighted by molar-refractivity contribution is 7.88. The average Bonchev–Trinajstić information content (AvgIpc) is 3.07. The van der Waals surface area contributed by atoms with Crippen molar-refractivity contribution < 1.29 is 12.8 Å². The molecule has 0 unspecified atom stereocenters. The van der Waals surface area contributed by atoms with Crippen molar-refractivity contribution in [2.45, 2.75) is 19.4 Å². The zero-order valence-corrected chi connectivity index (χ0v) is 12.7. The molecule has 0 saturated carbocycles. The van der Waals surface area contributed by atoms with Gasteiger partial charge in [-0.05, 0) is 24.6 Å². The summed E-state index contributed by atoms with van der Waals surface area (Å²) in [7, 11) is -3.44. The first-order valence-corrected chi connectivity index (χ1v) is 8.47. The summed E-state index contributed by atoms with van der Waals surface area (Å²) in [6.45, 7) is 2.01. The van der Waals surface area contributed by atoms with E-state index in [1.165, 1.54) is 0 Å². The minimum atomic E-state index is -3.44. The zero-order chi connectivity index (χ0) is 15.0. The van der Waals surface area contributed by atoms with Gasteiger partial charge in [0.1, 0.15) is 11.8 Å². The second-order valence-electron chi connectivity index (χ2n) is 5.18. The Hall–Kier alpha value is -2.08. The summed E-state index contributed by atoms with van der Waals surface area (Å²) in [4.78, 5) is 0. The van der Waals surface area contributed by atoms with Crippen molar-refractivity contribution in [2.24, 2.45) is 5.10 Å². The first kappa shape index (κ1) is 13.9. The van der Waals surface area contributed by atoms with Crippen LogP contribution in [0.25, 0.3) is 0 Å². The molecule has 0 bridgehead atoms. The highest BCUT2D eigenvalue weighted by Gasteiger charge is 2.36. The molecule has 0 aliphatic carbocycles. The third-order valence-corrected chi connectivity index (χ3v) is 4.48. The number of hydrazone groups is 1. The van der Waals surface area contributed by atoms with Crippen LogP contribution >= 0.6 is 0 Å². The number of nitrogens with zero attached hydrogens (tertiary/aromatic N) is 2. The molecular formula is C15H16N2O3S. The molecule has 6 heteroatoms. The molecule has 5 nitrogen and oxygen atoms in total. The highest BCUT2D eigenvalue weighted by Crippen LogP contribution is 2.34. The number of aryl methyl sites for hydroxylation is 1. The largest absolute Gasteiger partial charge is 0.467 e. The van der Waals surface area contributed by atoms with E-state index in [0.717, 1.165) is 27.5 Å². The summed E-state index contributed by atoms with van der Waals surface area (Å²) in [5.74, 6) is 0.603. The zero-order valence-electron chi connectivity index (χ0n) is 11.9. The maximum Gasteiger partial charge on any atom is 0.247 e. The summed E-state index contributed by atoms with van der Waals surface area (Å²) < 4.78 is 30.4. The Morgan fingerprint density at radius 2 is 1.95 bits per heavy atom. The van der Waals surface area contributed by atoms with Crippen LogP contribution < -0.4 is 0 Å². The molecule has 1 aromatic heterocycles. The predicted octanol–water partition coefficient (Wildman–Crippen LogP) is 2.70. The van der Waals surface area contributed by atoms with Crippen molar-refractivity contribution in [1.82, 2.24) is 4.41 Å². The molecule has 1 atom stereocenters. The number of sulfonamides is 1. The Kier molecular flexibility index (Phi) is 3.33. The van der Waals surface area contributed by atoms with E-state index in [2.05, 4.69) is 5.10 Å². The first-order valence-electron chi connectivity index (χ1n) is 6.62. The van der Waals surface area contributed by atoms with E-state index >= 15 is 0 Å². The molecule has 21 heavy (non-hydrogen) atoms. The lowest BCUT2D eigenvalue weighted by Gasteiger charge is -2.18. The van der Waals surface area contributed by atoms with Crippen molar-refractivity contribution in [3.05, 3.63) is 59.5 Å². The van der Waals surface area contributed by atoms with Gasteiger partial charge in [-0.1, -0.05) is 29.8 Å². The van der Waals surface area contributed by atoms with Crippen LogP contribution in [0.4, 0.5) is 0 Å². The normalized spacial score (nSPS) is 18.9. The Morgan fingerprint density at radius 3 is 2.52 bits per heavy atom. The van der Waals surface area contributed by atoms with Gasteiger partial charge < -0.3 is 4.42 Å². The monoisotopic (exact) mass is 304 g/mol. The van der Waals surface area contributed by atoms with Crippen LogP contribution in [0.15, 0.2) is 52.2 Å². The Bertz CT molecular complexity index is 762. The summed E-state index contributed by atoms with van der Waals surface area (Å²) in [6, 6.07) is 11.0. The van der Waals surface area contributed by atoms with Crippen molar-refractivity contribution in [3.63, 3.8) is 0 Å². The Balaban J connectivity index is 1.99. The molecule has 1 aromatic carbocycles. The van der Waals surface area contributed by atoms with Gasteiger partial charge >= 0.3 is 0 Å². The fourth-order valence-corrected chi connectivity index (χ4v) is 3.30. The molecule has 0 spiro atoms.